The molecule has 1 N–H and O–H groups in total. The van der Waals surface area contributed by atoms with Crippen molar-refractivity contribution in [1.82, 2.24) is 14.6 Å². The van der Waals surface area contributed by atoms with Crippen LogP contribution in [0.15, 0.2) is 59.4 Å². The van der Waals surface area contributed by atoms with Gasteiger partial charge in [-0.3, -0.25) is 9.59 Å². The Kier molecular flexibility index (Phi) is 5.79. The lowest BCUT2D eigenvalue weighted by molar-refractivity contribution is 0.0469. The van der Waals surface area contributed by atoms with E-state index in [1.54, 1.807) is 49.4 Å². The molecule has 0 bridgehead atoms. The number of esters is 1. The predicted octanol–water partition coefficient (Wildman–Crippen LogP) is 3.72. The van der Waals surface area contributed by atoms with Crippen molar-refractivity contribution < 1.29 is 14.3 Å². The van der Waals surface area contributed by atoms with Crippen molar-refractivity contribution in [1.29, 1.82) is 0 Å². The van der Waals surface area contributed by atoms with Crippen LogP contribution in [0.4, 0.5) is 5.69 Å². The maximum atomic E-state index is 12.7. The summed E-state index contributed by atoms with van der Waals surface area (Å²) in [7, 11) is 0. The normalized spacial score (nSPS) is 10.8. The number of fused-ring (bicyclic) bond motifs is 1. The van der Waals surface area contributed by atoms with Gasteiger partial charge >= 0.3 is 5.97 Å². The van der Waals surface area contributed by atoms with Crippen LogP contribution in [0.3, 0.4) is 0 Å². The van der Waals surface area contributed by atoms with Gasteiger partial charge in [-0.25, -0.2) is 9.78 Å². The Labute approximate surface area is 185 Å². The van der Waals surface area contributed by atoms with E-state index in [0.29, 0.717) is 20.7 Å². The zero-order valence-corrected chi connectivity index (χ0v) is 17.7. The fourth-order valence-corrected chi connectivity index (χ4v) is 3.84. The minimum atomic E-state index is -0.669. The van der Waals surface area contributed by atoms with Crippen LogP contribution in [-0.4, -0.2) is 26.5 Å². The number of carbonyl (C=O) groups is 2. The molecule has 0 fully saturated rings. The van der Waals surface area contributed by atoms with Crippen molar-refractivity contribution in [3.05, 3.63) is 91.8 Å². The zero-order valence-electron chi connectivity index (χ0n) is 16.2. The van der Waals surface area contributed by atoms with E-state index in [4.69, 9.17) is 16.3 Å². The molecule has 4 rings (SSSR count). The molecule has 0 saturated carbocycles. The third kappa shape index (κ3) is 4.47. The topological polar surface area (TPSA) is 103 Å². The van der Waals surface area contributed by atoms with Gasteiger partial charge in [0, 0.05) is 6.07 Å². The highest BCUT2D eigenvalue weighted by atomic mass is 35.5. The number of ether oxygens (including phenoxy) is 1. The van der Waals surface area contributed by atoms with Crippen LogP contribution in [-0.2, 0) is 11.3 Å². The molecular weight excluding hydrogens is 440 g/mol. The van der Waals surface area contributed by atoms with Crippen molar-refractivity contribution in [2.75, 3.05) is 5.32 Å². The van der Waals surface area contributed by atoms with Crippen LogP contribution in [0.1, 0.15) is 31.4 Å². The summed E-state index contributed by atoms with van der Waals surface area (Å²) in [4.78, 5) is 42.1. The average Bonchev–Trinajstić information content (AvgIpc) is 3.13. The Morgan fingerprint density at radius 2 is 1.84 bits per heavy atom. The van der Waals surface area contributed by atoms with Gasteiger partial charge in [0.1, 0.15) is 11.6 Å². The van der Waals surface area contributed by atoms with Crippen LogP contribution in [0.2, 0.25) is 5.02 Å². The van der Waals surface area contributed by atoms with E-state index >= 15 is 0 Å². The van der Waals surface area contributed by atoms with Crippen molar-refractivity contribution in [2.24, 2.45) is 0 Å². The quantitative estimate of drug-likeness (QED) is 0.461. The molecule has 0 aliphatic rings. The summed E-state index contributed by atoms with van der Waals surface area (Å²) in [6, 6.07) is 14.3. The Hall–Kier alpha value is -3.56. The van der Waals surface area contributed by atoms with Crippen LogP contribution >= 0.6 is 22.9 Å². The largest absolute Gasteiger partial charge is 0.456 e. The second-order valence-corrected chi connectivity index (χ2v) is 8.02. The second-order valence-electron chi connectivity index (χ2n) is 6.46. The summed E-state index contributed by atoms with van der Waals surface area (Å²) in [5.74, 6) is -1.12. The summed E-state index contributed by atoms with van der Waals surface area (Å²) in [5, 5.41) is 7.75. The summed E-state index contributed by atoms with van der Waals surface area (Å²) in [6.07, 6.45) is 0. The monoisotopic (exact) mass is 454 g/mol. The van der Waals surface area contributed by atoms with E-state index in [-0.39, 0.29) is 29.0 Å². The molecule has 2 aromatic heterocycles. The van der Waals surface area contributed by atoms with Gasteiger partial charge in [-0.2, -0.15) is 9.61 Å². The van der Waals surface area contributed by atoms with E-state index in [9.17, 15) is 14.4 Å². The number of halogens is 1. The molecule has 0 aliphatic heterocycles. The zero-order chi connectivity index (χ0) is 22.0. The van der Waals surface area contributed by atoms with E-state index in [0.717, 1.165) is 0 Å². The third-order valence-corrected chi connectivity index (χ3v) is 5.42. The Bertz CT molecular complexity index is 1370. The number of para-hydroxylation sites is 1. The van der Waals surface area contributed by atoms with Crippen molar-refractivity contribution in [3.8, 4) is 0 Å². The highest BCUT2D eigenvalue weighted by Gasteiger charge is 2.17. The molecule has 4 aromatic rings. The van der Waals surface area contributed by atoms with Gasteiger partial charge < -0.3 is 10.1 Å². The van der Waals surface area contributed by atoms with Crippen LogP contribution < -0.4 is 10.9 Å². The Morgan fingerprint density at radius 1 is 1.13 bits per heavy atom. The molecule has 0 saturated heterocycles. The van der Waals surface area contributed by atoms with Gasteiger partial charge in [0.25, 0.3) is 11.5 Å². The molecule has 0 atom stereocenters. The molecule has 31 heavy (non-hydrogen) atoms. The first-order chi connectivity index (χ1) is 14.9. The number of anilines is 1. The number of amides is 1. The van der Waals surface area contributed by atoms with Crippen LogP contribution in [0.25, 0.3) is 4.96 Å². The number of benzene rings is 2. The van der Waals surface area contributed by atoms with Gasteiger partial charge in [0.2, 0.25) is 4.96 Å². The lowest BCUT2D eigenvalue weighted by Gasteiger charge is -2.11. The lowest BCUT2D eigenvalue weighted by Crippen LogP contribution is -2.18. The second kappa shape index (κ2) is 8.66. The first kappa shape index (κ1) is 20.7. The van der Waals surface area contributed by atoms with E-state index in [1.807, 2.05) is 0 Å². The van der Waals surface area contributed by atoms with Crippen LogP contribution in [0.5, 0.6) is 0 Å². The van der Waals surface area contributed by atoms with Gasteiger partial charge in [-0.15, -0.1) is 0 Å². The highest BCUT2D eigenvalue weighted by Crippen LogP contribution is 2.21. The summed E-state index contributed by atoms with van der Waals surface area (Å²) < 4.78 is 6.53. The SMILES string of the molecule is Cc1nn2c(=O)cc(COC(=O)c3ccccc3NC(=O)c3ccccc3Cl)nc2s1. The van der Waals surface area contributed by atoms with Gasteiger partial charge in [-0.1, -0.05) is 47.2 Å². The summed E-state index contributed by atoms with van der Waals surface area (Å²) >= 11 is 7.33. The van der Waals surface area contributed by atoms with Gasteiger partial charge in [-0.05, 0) is 31.2 Å². The molecule has 2 heterocycles. The number of hydrogen-bond donors (Lipinski definition) is 1. The molecular formula is C21H15ClN4O4S. The molecule has 8 nitrogen and oxygen atoms in total. The first-order valence-corrected chi connectivity index (χ1v) is 10.3. The minimum absolute atomic E-state index is 0.161. The summed E-state index contributed by atoms with van der Waals surface area (Å²) in [5.41, 5.74) is 0.672. The van der Waals surface area contributed by atoms with Gasteiger partial charge in [0.15, 0.2) is 0 Å². The predicted molar refractivity (Wildman–Crippen MR) is 117 cm³/mol. The molecule has 0 radical (unpaired) electrons. The number of hydrogen-bond acceptors (Lipinski definition) is 7. The standard InChI is InChI=1S/C21H15ClN4O4S/c1-12-25-26-18(27)10-13(23-21(26)31-12)11-30-20(29)15-7-3-5-9-17(15)24-19(28)14-6-2-4-8-16(14)22/h2-10H,11H2,1H3,(H,24,28). The first-order valence-electron chi connectivity index (χ1n) is 9.11. The number of aromatic nitrogens is 3. The van der Waals surface area contributed by atoms with E-state index < -0.39 is 11.9 Å². The molecule has 0 aliphatic carbocycles. The third-order valence-electron chi connectivity index (χ3n) is 4.26. The highest BCUT2D eigenvalue weighted by molar-refractivity contribution is 7.16. The molecule has 1 amide bonds. The van der Waals surface area contributed by atoms with Gasteiger partial charge in [0.05, 0.1) is 27.5 Å². The molecule has 0 spiro atoms. The number of aryl methyl sites for hydroxylation is 1. The lowest BCUT2D eigenvalue weighted by atomic mass is 10.1. The van der Waals surface area contributed by atoms with E-state index in [1.165, 1.54) is 28.0 Å². The van der Waals surface area contributed by atoms with Crippen molar-refractivity contribution >= 4 is 45.5 Å². The number of nitrogens with one attached hydrogen (secondary N) is 1. The fraction of sp³-hybridized carbons (Fsp3) is 0.0952. The number of carbonyl (C=O) groups excluding carboxylic acids is 2. The minimum Gasteiger partial charge on any atom is -0.456 e. The van der Waals surface area contributed by atoms with Crippen molar-refractivity contribution in [3.63, 3.8) is 0 Å². The molecule has 0 unspecified atom stereocenters. The van der Waals surface area contributed by atoms with E-state index in [2.05, 4.69) is 15.4 Å². The van der Waals surface area contributed by atoms with Crippen molar-refractivity contribution in [2.45, 2.75) is 13.5 Å². The molecule has 156 valence electrons. The Balaban J connectivity index is 1.51. The smallest absolute Gasteiger partial charge is 0.340 e. The average molecular weight is 455 g/mol. The fourth-order valence-electron chi connectivity index (χ4n) is 2.85. The molecule has 10 heteroatoms. The maximum Gasteiger partial charge on any atom is 0.340 e. The van der Waals surface area contributed by atoms with Crippen LogP contribution in [0, 0.1) is 6.92 Å². The number of rotatable bonds is 5. The summed E-state index contributed by atoms with van der Waals surface area (Å²) in [6.45, 7) is 1.57. The number of nitrogens with zero attached hydrogens (tertiary/aromatic N) is 3. The maximum absolute atomic E-state index is 12.7. The molecule has 2 aromatic carbocycles. The Morgan fingerprint density at radius 3 is 2.61 bits per heavy atom.